The van der Waals surface area contributed by atoms with E-state index in [2.05, 4.69) is 15.9 Å². The third-order valence-electron chi connectivity index (χ3n) is 7.49. The molecule has 226 valence electrons. The van der Waals surface area contributed by atoms with Gasteiger partial charge in [0.15, 0.2) is 11.5 Å². The summed E-state index contributed by atoms with van der Waals surface area (Å²) in [5.41, 5.74) is 2.49. The van der Waals surface area contributed by atoms with Crippen LogP contribution in [0.3, 0.4) is 0 Å². The van der Waals surface area contributed by atoms with Crippen molar-refractivity contribution in [3.63, 3.8) is 0 Å². The summed E-state index contributed by atoms with van der Waals surface area (Å²) in [6, 6.07) is 27.0. The molecule has 0 N–H and O–H groups in total. The molecule has 0 radical (unpaired) electrons. The zero-order chi connectivity index (χ0) is 31.2. The van der Waals surface area contributed by atoms with Crippen molar-refractivity contribution >= 4 is 32.7 Å². The van der Waals surface area contributed by atoms with Gasteiger partial charge in [-0.15, -0.1) is 0 Å². The van der Waals surface area contributed by atoms with Crippen LogP contribution < -0.4 is 19.8 Å². The van der Waals surface area contributed by atoms with Crippen LogP contribution in [0.2, 0.25) is 0 Å². The number of amides is 1. The zero-order valence-electron chi connectivity index (χ0n) is 25.1. The van der Waals surface area contributed by atoms with Gasteiger partial charge in [0.25, 0.3) is 11.5 Å². The van der Waals surface area contributed by atoms with E-state index in [1.165, 1.54) is 0 Å². The van der Waals surface area contributed by atoms with Gasteiger partial charge < -0.3 is 19.1 Å². The molecule has 44 heavy (non-hydrogen) atoms. The number of nitrogens with zero attached hydrogens (tertiary/aromatic N) is 3. The minimum absolute atomic E-state index is 0.175. The van der Waals surface area contributed by atoms with Crippen LogP contribution in [0, 0.1) is 0 Å². The molecule has 5 rings (SSSR count). The Balaban J connectivity index is 1.61. The molecule has 1 aromatic heterocycles. The normalized spacial score (nSPS) is 11.7. The number of carbonyl (C=O) groups excluding carboxylic acids is 1. The first-order valence-corrected chi connectivity index (χ1v) is 15.2. The molecule has 1 heterocycles. The van der Waals surface area contributed by atoms with Crippen molar-refractivity contribution in [3.8, 4) is 22.9 Å². The fourth-order valence-corrected chi connectivity index (χ4v) is 5.46. The Kier molecular flexibility index (Phi) is 9.65. The molecule has 8 nitrogen and oxygen atoms in total. The Morgan fingerprint density at radius 2 is 1.64 bits per heavy atom. The van der Waals surface area contributed by atoms with Crippen molar-refractivity contribution in [2.45, 2.75) is 26.3 Å². The van der Waals surface area contributed by atoms with Gasteiger partial charge in [-0.3, -0.25) is 14.2 Å². The summed E-state index contributed by atoms with van der Waals surface area (Å²) < 4.78 is 19.0. The van der Waals surface area contributed by atoms with Crippen LogP contribution in [0.5, 0.6) is 17.2 Å². The van der Waals surface area contributed by atoms with Crippen LogP contribution in [-0.2, 0) is 6.42 Å². The topological polar surface area (TPSA) is 82.9 Å². The van der Waals surface area contributed by atoms with Crippen molar-refractivity contribution in [1.82, 2.24) is 14.5 Å². The number of hydrogen-bond donors (Lipinski definition) is 0. The number of ether oxygens (including phenoxy) is 3. The van der Waals surface area contributed by atoms with E-state index in [0.29, 0.717) is 64.8 Å². The van der Waals surface area contributed by atoms with Crippen LogP contribution >= 0.6 is 15.9 Å². The van der Waals surface area contributed by atoms with E-state index >= 15 is 0 Å². The van der Waals surface area contributed by atoms with Gasteiger partial charge in [-0.1, -0.05) is 34.1 Å². The number of methoxy groups -OCH3 is 2. The van der Waals surface area contributed by atoms with E-state index < -0.39 is 6.04 Å². The van der Waals surface area contributed by atoms with E-state index in [0.717, 1.165) is 10.0 Å². The largest absolute Gasteiger partial charge is 0.494 e. The molecule has 9 heteroatoms. The molecular formula is C35H34BrN3O5. The monoisotopic (exact) mass is 655 g/mol. The first-order valence-electron chi connectivity index (χ1n) is 14.4. The number of carbonyl (C=O) groups is 1. The van der Waals surface area contributed by atoms with Crippen molar-refractivity contribution in [2.24, 2.45) is 0 Å². The van der Waals surface area contributed by atoms with Crippen LogP contribution in [-0.4, -0.2) is 47.7 Å². The van der Waals surface area contributed by atoms with Gasteiger partial charge >= 0.3 is 0 Å². The second-order valence-corrected chi connectivity index (χ2v) is 11.1. The van der Waals surface area contributed by atoms with Crippen LogP contribution in [0.25, 0.3) is 16.6 Å². The molecule has 0 fully saturated rings. The summed E-state index contributed by atoms with van der Waals surface area (Å²) in [7, 11) is 3.19. The van der Waals surface area contributed by atoms with E-state index in [9.17, 15) is 9.59 Å². The summed E-state index contributed by atoms with van der Waals surface area (Å²) in [5.74, 6) is 2.23. The Morgan fingerprint density at radius 1 is 0.932 bits per heavy atom. The standard InChI is InChI=1S/C35H34BrN3O5/c1-5-44-28-17-15-27(16-18-28)39-33(37-30-9-7-6-8-29(30)35(39)41)23(2)38(34(40)25-11-13-26(36)14-12-25)21-20-24-10-19-31(42-3)32(22-24)43-4/h6-19,22-23H,5,20-21H2,1-4H3. The Bertz CT molecular complexity index is 1820. The Hall–Kier alpha value is -4.63. The average Bonchev–Trinajstić information content (AvgIpc) is 3.05. The maximum atomic E-state index is 14.2. The Morgan fingerprint density at radius 3 is 2.32 bits per heavy atom. The van der Waals surface area contributed by atoms with Gasteiger partial charge in [0.2, 0.25) is 0 Å². The minimum atomic E-state index is -0.574. The first-order chi connectivity index (χ1) is 21.3. The van der Waals surface area contributed by atoms with E-state index in [1.54, 1.807) is 41.9 Å². The van der Waals surface area contributed by atoms with Gasteiger partial charge in [-0.25, -0.2) is 4.98 Å². The molecule has 1 atom stereocenters. The molecule has 0 aliphatic carbocycles. The highest BCUT2D eigenvalue weighted by molar-refractivity contribution is 9.10. The lowest BCUT2D eigenvalue weighted by Crippen LogP contribution is -2.38. The van der Waals surface area contributed by atoms with Crippen molar-refractivity contribution < 1.29 is 19.0 Å². The van der Waals surface area contributed by atoms with E-state index in [1.807, 2.05) is 86.6 Å². The van der Waals surface area contributed by atoms with Crippen molar-refractivity contribution in [2.75, 3.05) is 27.4 Å². The summed E-state index contributed by atoms with van der Waals surface area (Å²) in [4.78, 5) is 34.9. The number of para-hydroxylation sites is 1. The summed E-state index contributed by atoms with van der Waals surface area (Å²) in [6.45, 7) is 4.72. The third kappa shape index (κ3) is 6.48. The smallest absolute Gasteiger partial charge is 0.266 e. The van der Waals surface area contributed by atoms with Crippen molar-refractivity contribution in [1.29, 1.82) is 0 Å². The third-order valence-corrected chi connectivity index (χ3v) is 8.02. The number of benzene rings is 4. The Labute approximate surface area is 265 Å². The molecule has 1 unspecified atom stereocenters. The highest BCUT2D eigenvalue weighted by Gasteiger charge is 2.28. The average molecular weight is 657 g/mol. The summed E-state index contributed by atoms with van der Waals surface area (Å²) in [5, 5.41) is 0.494. The molecule has 0 bridgehead atoms. The minimum Gasteiger partial charge on any atom is -0.494 e. The lowest BCUT2D eigenvalue weighted by molar-refractivity contribution is 0.0683. The second kappa shape index (κ2) is 13.8. The van der Waals surface area contributed by atoms with Gasteiger partial charge in [-0.2, -0.15) is 0 Å². The van der Waals surface area contributed by atoms with Gasteiger partial charge in [-0.05, 0) is 98.6 Å². The van der Waals surface area contributed by atoms with E-state index in [4.69, 9.17) is 19.2 Å². The molecule has 5 aromatic rings. The molecule has 0 spiro atoms. The highest BCUT2D eigenvalue weighted by atomic mass is 79.9. The lowest BCUT2D eigenvalue weighted by Gasteiger charge is -2.31. The molecule has 0 aliphatic rings. The maximum absolute atomic E-state index is 14.2. The second-order valence-electron chi connectivity index (χ2n) is 10.2. The fourth-order valence-electron chi connectivity index (χ4n) is 5.19. The van der Waals surface area contributed by atoms with Crippen LogP contribution in [0.15, 0.2) is 100 Å². The van der Waals surface area contributed by atoms with E-state index in [-0.39, 0.29) is 11.5 Å². The SMILES string of the molecule is CCOc1ccc(-n2c(C(C)N(CCc3ccc(OC)c(OC)c3)C(=O)c3ccc(Br)cc3)nc3ccccc3c2=O)cc1. The predicted octanol–water partition coefficient (Wildman–Crippen LogP) is 7.01. The molecule has 0 saturated carbocycles. The number of rotatable bonds is 11. The van der Waals surface area contributed by atoms with Crippen LogP contribution in [0.1, 0.15) is 41.6 Å². The number of fused-ring (bicyclic) bond motifs is 1. The molecule has 0 aliphatic heterocycles. The number of aromatic nitrogens is 2. The highest BCUT2D eigenvalue weighted by Crippen LogP contribution is 2.30. The lowest BCUT2D eigenvalue weighted by atomic mass is 10.1. The summed E-state index contributed by atoms with van der Waals surface area (Å²) in [6.07, 6.45) is 0.536. The van der Waals surface area contributed by atoms with Crippen molar-refractivity contribution in [3.05, 3.63) is 123 Å². The zero-order valence-corrected chi connectivity index (χ0v) is 26.7. The van der Waals surface area contributed by atoms with Gasteiger partial charge in [0.05, 0.1) is 43.5 Å². The van der Waals surface area contributed by atoms with Gasteiger partial charge in [0, 0.05) is 16.6 Å². The molecular weight excluding hydrogens is 622 g/mol. The predicted molar refractivity (Wildman–Crippen MR) is 175 cm³/mol. The summed E-state index contributed by atoms with van der Waals surface area (Å²) >= 11 is 3.46. The first kappa shape index (κ1) is 30.8. The quantitative estimate of drug-likeness (QED) is 0.152. The number of halogens is 1. The van der Waals surface area contributed by atoms with Gasteiger partial charge in [0.1, 0.15) is 11.6 Å². The molecule has 4 aromatic carbocycles. The number of hydrogen-bond acceptors (Lipinski definition) is 6. The van der Waals surface area contributed by atoms with Crippen LogP contribution in [0.4, 0.5) is 0 Å². The molecule has 1 amide bonds. The molecule has 0 saturated heterocycles. The maximum Gasteiger partial charge on any atom is 0.266 e. The fraction of sp³-hybridized carbons (Fsp3) is 0.229.